The Hall–Kier alpha value is -9.03. The van der Waals surface area contributed by atoms with Gasteiger partial charge in [-0.25, -0.2) is 24.2 Å². The molecule has 1 aromatic heterocycles. The molecule has 388 valence electrons. The first-order valence-electron chi connectivity index (χ1n) is 22.5. The average Bonchev–Trinajstić information content (AvgIpc) is 3.34. The summed E-state index contributed by atoms with van der Waals surface area (Å²) < 4.78 is 13.2. The molecule has 4 aromatic rings. The molecule has 5 unspecified atom stereocenters. The second kappa shape index (κ2) is 28.0. The van der Waals surface area contributed by atoms with E-state index < -0.39 is 134 Å². The number of benzene rings is 3. The predicted octanol–water partition coefficient (Wildman–Crippen LogP) is 1.31. The number of carbonyl (C=O) groups excluding carboxylic acids is 6. The predicted molar refractivity (Wildman–Crippen MR) is 252 cm³/mol. The minimum Gasteiger partial charge on any atom is -0.481 e. The second-order valence-corrected chi connectivity index (χ2v) is 16.4. The third kappa shape index (κ3) is 19.4. The Kier molecular flexibility index (Phi) is 21.7. The number of aromatic nitrogens is 1. The number of rotatable bonds is 29. The highest BCUT2D eigenvalue weighted by Gasteiger charge is 2.30. The SMILES string of the molecule is O=C(O)CCC(NC(=O)NC(CCCCNC(=O)C(Cc1ccc2ccccc2c1)NC(=O)c1ccc(CNC(=O)CC(NC(=O)C(CCC(=O)O)NC(=O)c2ccc([18F])nc2)C(=O)O)cc1)C(=O)O)C(=O)O. The van der Waals surface area contributed by atoms with E-state index in [0.29, 0.717) is 11.1 Å². The van der Waals surface area contributed by atoms with Crippen molar-refractivity contribution in [1.29, 1.82) is 0 Å². The number of carbonyl (C=O) groups is 11. The van der Waals surface area contributed by atoms with Crippen LogP contribution in [0.4, 0.5) is 9.18 Å². The molecule has 3 aromatic carbocycles. The number of aliphatic carboxylic acids is 5. The van der Waals surface area contributed by atoms with E-state index in [9.17, 15) is 72.4 Å². The Morgan fingerprint density at radius 1 is 0.521 bits per heavy atom. The Bertz CT molecular complexity index is 2670. The Morgan fingerprint density at radius 3 is 1.68 bits per heavy atom. The van der Waals surface area contributed by atoms with Crippen LogP contribution in [0.2, 0.25) is 0 Å². The highest BCUT2D eigenvalue weighted by molar-refractivity contribution is 5.99. The number of nitrogens with zero attached hydrogens (tertiary/aromatic N) is 1. The molecule has 0 fully saturated rings. The van der Waals surface area contributed by atoms with E-state index in [2.05, 4.69) is 36.9 Å². The van der Waals surface area contributed by atoms with Crippen LogP contribution < -0.4 is 37.2 Å². The van der Waals surface area contributed by atoms with Crippen molar-refractivity contribution >= 4 is 76.2 Å². The third-order valence-corrected chi connectivity index (χ3v) is 10.9. The summed E-state index contributed by atoms with van der Waals surface area (Å²) in [4.78, 5) is 139. The summed E-state index contributed by atoms with van der Waals surface area (Å²) in [6, 6.07) is 12.1. The fourth-order valence-electron chi connectivity index (χ4n) is 6.99. The van der Waals surface area contributed by atoms with Gasteiger partial charge in [0.1, 0.15) is 30.2 Å². The van der Waals surface area contributed by atoms with E-state index in [1.165, 1.54) is 24.3 Å². The van der Waals surface area contributed by atoms with Crippen LogP contribution in [0.3, 0.4) is 0 Å². The minimum absolute atomic E-state index is 0.0280. The molecule has 0 saturated carbocycles. The van der Waals surface area contributed by atoms with Gasteiger partial charge in [0.25, 0.3) is 11.8 Å². The van der Waals surface area contributed by atoms with Crippen molar-refractivity contribution in [1.82, 2.24) is 42.2 Å². The third-order valence-electron chi connectivity index (χ3n) is 10.9. The van der Waals surface area contributed by atoms with Crippen molar-refractivity contribution in [3.63, 3.8) is 0 Å². The van der Waals surface area contributed by atoms with Gasteiger partial charge < -0.3 is 62.8 Å². The molecule has 0 radical (unpaired) electrons. The largest absolute Gasteiger partial charge is 0.481 e. The van der Waals surface area contributed by atoms with Crippen LogP contribution in [0.15, 0.2) is 85.1 Å². The van der Waals surface area contributed by atoms with Crippen LogP contribution in [0.1, 0.15) is 83.2 Å². The maximum Gasteiger partial charge on any atom is 0.326 e. The molecule has 0 aliphatic carbocycles. The van der Waals surface area contributed by atoms with Gasteiger partial charge in [0.2, 0.25) is 23.7 Å². The van der Waals surface area contributed by atoms with Gasteiger partial charge in [-0.2, -0.15) is 4.39 Å². The molecule has 1 heterocycles. The van der Waals surface area contributed by atoms with Gasteiger partial charge in [-0.05, 0) is 78.3 Å². The summed E-state index contributed by atoms with van der Waals surface area (Å²) in [6.45, 7) is -0.131. The summed E-state index contributed by atoms with van der Waals surface area (Å²) in [7, 11) is 0. The second-order valence-electron chi connectivity index (χ2n) is 16.4. The van der Waals surface area contributed by atoms with Crippen LogP contribution in [0.5, 0.6) is 0 Å². The summed E-state index contributed by atoms with van der Waals surface area (Å²) in [6.07, 6.45) is -1.63. The summed E-state index contributed by atoms with van der Waals surface area (Å²) in [5.74, 6) is -12.1. The van der Waals surface area contributed by atoms with Crippen molar-refractivity contribution in [2.75, 3.05) is 6.54 Å². The van der Waals surface area contributed by atoms with E-state index in [1.807, 2.05) is 41.7 Å². The molecule has 5 atom stereocenters. The molecule has 25 heteroatoms. The van der Waals surface area contributed by atoms with E-state index >= 15 is 0 Å². The van der Waals surface area contributed by atoms with Gasteiger partial charge >= 0.3 is 35.9 Å². The van der Waals surface area contributed by atoms with Crippen LogP contribution in [-0.2, 0) is 51.3 Å². The summed E-state index contributed by atoms with van der Waals surface area (Å²) in [5, 5.41) is 65.1. The number of carboxylic acids is 5. The van der Waals surface area contributed by atoms with Crippen LogP contribution in [0, 0.1) is 5.95 Å². The van der Waals surface area contributed by atoms with Gasteiger partial charge in [-0.3, -0.25) is 33.6 Å². The van der Waals surface area contributed by atoms with Crippen LogP contribution >= 0.6 is 0 Å². The topological polar surface area (TPSA) is 386 Å². The maximum atomic E-state index is 13.6. The Morgan fingerprint density at radius 2 is 1.08 bits per heavy atom. The first-order chi connectivity index (χ1) is 34.7. The average molecular weight is 1020 g/mol. The van der Waals surface area contributed by atoms with E-state index in [1.54, 1.807) is 6.07 Å². The highest BCUT2D eigenvalue weighted by atomic mass is 18.2. The number of amides is 7. The van der Waals surface area contributed by atoms with E-state index in [4.69, 9.17) is 10.2 Å². The highest BCUT2D eigenvalue weighted by Crippen LogP contribution is 2.18. The molecular formula is C48H53FN8O16. The first-order valence-corrected chi connectivity index (χ1v) is 22.5. The standard InChI is InChI=1S/C48H53FN8O16/c49-37-17-14-31(25-51-37)42(64)53-32(15-18-39(59)60)44(66)55-36(47(71)72)23-38(58)52-24-26-8-12-29(13-9-26)41(63)54-35(22-27-10-11-28-5-1-2-6-30(28)21-27)43(65)50-20-4-3-7-33(45(67)68)56-48(73)57-34(46(69)70)16-19-40(61)62/h1-2,5-6,8-14,17,21,25,32-36H,3-4,7,15-16,18-20,22-24H2,(H,50,65)(H,52,58)(H,53,64)(H,54,63)(H,55,66)(H,59,60)(H,61,62)(H,67,68)(H,69,70)(H,71,72)(H2,56,57,73)/i49-1. The zero-order valence-electron chi connectivity index (χ0n) is 38.8. The summed E-state index contributed by atoms with van der Waals surface area (Å²) >= 11 is 0. The number of unbranched alkanes of at least 4 members (excludes halogenated alkanes) is 1. The number of fused-ring (bicyclic) bond motifs is 1. The molecule has 73 heavy (non-hydrogen) atoms. The molecule has 0 aliphatic heterocycles. The van der Waals surface area contributed by atoms with E-state index in [-0.39, 0.29) is 49.9 Å². The van der Waals surface area contributed by atoms with Crippen molar-refractivity contribution in [2.45, 2.75) is 94.5 Å². The Labute approximate surface area is 414 Å². The number of nitrogens with one attached hydrogen (secondary N) is 7. The molecule has 0 aliphatic rings. The molecule has 0 spiro atoms. The van der Waals surface area contributed by atoms with Gasteiger partial charge in [0.05, 0.1) is 12.0 Å². The monoisotopic (exact) mass is 1020 g/mol. The number of hydrogen-bond acceptors (Lipinski definition) is 12. The lowest BCUT2D eigenvalue weighted by Gasteiger charge is -2.21. The molecule has 4 rings (SSSR count). The smallest absolute Gasteiger partial charge is 0.326 e. The van der Waals surface area contributed by atoms with Gasteiger partial charge in [-0.15, -0.1) is 0 Å². The molecular weight excluding hydrogens is 963 g/mol. The molecule has 12 N–H and O–H groups in total. The van der Waals surface area contributed by atoms with Crippen molar-refractivity contribution < 1.29 is 82.7 Å². The lowest BCUT2D eigenvalue weighted by Crippen LogP contribution is -2.52. The zero-order valence-corrected chi connectivity index (χ0v) is 38.8. The van der Waals surface area contributed by atoms with Gasteiger partial charge in [-0.1, -0.05) is 54.6 Å². The fourth-order valence-corrected chi connectivity index (χ4v) is 6.99. The zero-order chi connectivity index (χ0) is 53.6. The number of halogens is 1. The maximum absolute atomic E-state index is 13.6. The lowest BCUT2D eigenvalue weighted by molar-refractivity contribution is -0.144. The molecule has 24 nitrogen and oxygen atoms in total. The van der Waals surface area contributed by atoms with Gasteiger partial charge in [0, 0.05) is 44.1 Å². The first kappa shape index (κ1) is 56.6. The van der Waals surface area contributed by atoms with Crippen molar-refractivity contribution in [3.8, 4) is 0 Å². The van der Waals surface area contributed by atoms with Gasteiger partial charge in [0.15, 0.2) is 0 Å². The normalized spacial score (nSPS) is 12.8. The number of carboxylic acid groups (broad SMARTS) is 5. The lowest BCUT2D eigenvalue weighted by atomic mass is 10.0. The molecule has 7 amide bonds. The minimum atomic E-state index is -1.82. The number of pyridine rings is 1. The number of hydrogen-bond donors (Lipinski definition) is 12. The molecule has 0 saturated heterocycles. The van der Waals surface area contributed by atoms with E-state index in [0.717, 1.165) is 29.1 Å². The number of urea groups is 1. The van der Waals surface area contributed by atoms with Crippen LogP contribution in [0.25, 0.3) is 10.8 Å². The van der Waals surface area contributed by atoms with Crippen LogP contribution in [-0.4, -0.2) is 133 Å². The summed E-state index contributed by atoms with van der Waals surface area (Å²) in [5.41, 5.74) is 1.12. The van der Waals surface area contributed by atoms with Crippen molar-refractivity contribution in [2.24, 2.45) is 0 Å². The quantitative estimate of drug-likeness (QED) is 0.0269. The van der Waals surface area contributed by atoms with Crippen molar-refractivity contribution in [3.05, 3.63) is 113 Å². The Balaban J connectivity index is 1.34. The molecule has 0 bridgehead atoms. The fraction of sp³-hybridized carbons (Fsp3) is 0.333.